The van der Waals surface area contributed by atoms with Crippen molar-refractivity contribution in [2.75, 3.05) is 0 Å². The molecule has 1 aromatic heterocycles. The minimum atomic E-state index is -0.866. The molecule has 2 N–H and O–H groups in total. The molecule has 1 heterocycles. The van der Waals surface area contributed by atoms with Crippen molar-refractivity contribution < 1.29 is 14.4 Å². The second kappa shape index (κ2) is 6.81. The summed E-state index contributed by atoms with van der Waals surface area (Å²) in [4.78, 5) is 15.2. The Morgan fingerprint density at radius 3 is 2.80 bits per heavy atom. The summed E-state index contributed by atoms with van der Waals surface area (Å²) in [7, 11) is 0. The van der Waals surface area contributed by atoms with Crippen LogP contribution in [0.25, 0.3) is 11.4 Å². The lowest BCUT2D eigenvalue weighted by Crippen LogP contribution is -2.36. The van der Waals surface area contributed by atoms with Gasteiger partial charge in [0.1, 0.15) is 6.04 Å². The fourth-order valence-electron chi connectivity index (χ4n) is 1.84. The quantitative estimate of drug-likeness (QED) is 0.804. The van der Waals surface area contributed by atoms with Crippen LogP contribution < -0.4 is 5.32 Å². The molecule has 1 atom stereocenters. The Balaban J connectivity index is 1.98. The first kappa shape index (κ1) is 14.2. The molecular formula is C14H17N3O3. The molecule has 2 aromatic rings. The van der Waals surface area contributed by atoms with Gasteiger partial charge in [-0.05, 0) is 6.42 Å². The van der Waals surface area contributed by atoms with Crippen molar-refractivity contribution in [1.82, 2.24) is 15.5 Å². The number of hydrogen-bond acceptors (Lipinski definition) is 5. The van der Waals surface area contributed by atoms with Crippen LogP contribution in [0.3, 0.4) is 0 Å². The van der Waals surface area contributed by atoms with E-state index in [9.17, 15) is 4.79 Å². The highest BCUT2D eigenvalue weighted by atomic mass is 16.5. The molecule has 106 valence electrons. The van der Waals surface area contributed by atoms with Crippen molar-refractivity contribution in [3.05, 3.63) is 36.2 Å². The van der Waals surface area contributed by atoms with Gasteiger partial charge >= 0.3 is 5.97 Å². The summed E-state index contributed by atoms with van der Waals surface area (Å²) in [6.07, 6.45) is 1.36. The summed E-state index contributed by atoms with van der Waals surface area (Å²) in [5, 5.41) is 15.8. The summed E-state index contributed by atoms with van der Waals surface area (Å²) in [6.45, 7) is 2.19. The van der Waals surface area contributed by atoms with E-state index in [1.54, 1.807) is 0 Å². The molecule has 20 heavy (non-hydrogen) atoms. The van der Waals surface area contributed by atoms with Crippen molar-refractivity contribution in [1.29, 1.82) is 0 Å². The summed E-state index contributed by atoms with van der Waals surface area (Å²) in [5.41, 5.74) is 0.867. The van der Waals surface area contributed by atoms with Crippen LogP contribution in [0.2, 0.25) is 0 Å². The third kappa shape index (κ3) is 3.64. The zero-order valence-electron chi connectivity index (χ0n) is 11.2. The van der Waals surface area contributed by atoms with Crippen LogP contribution >= 0.6 is 0 Å². The van der Waals surface area contributed by atoms with Crippen molar-refractivity contribution in [3.8, 4) is 11.4 Å². The molecule has 0 spiro atoms. The first-order chi connectivity index (χ1) is 9.70. The Morgan fingerprint density at radius 2 is 2.15 bits per heavy atom. The van der Waals surface area contributed by atoms with E-state index in [1.807, 2.05) is 37.3 Å². The highest BCUT2D eigenvalue weighted by Gasteiger charge is 2.17. The number of carbonyl (C=O) groups is 1. The van der Waals surface area contributed by atoms with Crippen LogP contribution in [0, 0.1) is 0 Å². The molecule has 0 aliphatic rings. The van der Waals surface area contributed by atoms with E-state index in [2.05, 4.69) is 15.5 Å². The lowest BCUT2D eigenvalue weighted by atomic mass is 10.2. The molecule has 0 radical (unpaired) electrons. The molecule has 0 saturated carbocycles. The SMILES string of the molecule is CCCC(NCc1nc(-c2ccccc2)no1)C(=O)O. The maximum Gasteiger partial charge on any atom is 0.320 e. The van der Waals surface area contributed by atoms with Gasteiger partial charge in [0.25, 0.3) is 0 Å². The fourth-order valence-corrected chi connectivity index (χ4v) is 1.84. The predicted molar refractivity (Wildman–Crippen MR) is 72.9 cm³/mol. The van der Waals surface area contributed by atoms with Crippen molar-refractivity contribution in [2.45, 2.75) is 32.4 Å². The fraction of sp³-hybridized carbons (Fsp3) is 0.357. The molecule has 0 aliphatic carbocycles. The highest BCUT2D eigenvalue weighted by Crippen LogP contribution is 2.14. The maximum absolute atomic E-state index is 11.0. The Hall–Kier alpha value is -2.21. The summed E-state index contributed by atoms with van der Waals surface area (Å²) < 4.78 is 5.11. The van der Waals surface area contributed by atoms with E-state index in [-0.39, 0.29) is 6.54 Å². The molecule has 0 aliphatic heterocycles. The number of carboxylic acid groups (broad SMARTS) is 1. The predicted octanol–water partition coefficient (Wildman–Crippen LogP) is 2.08. The molecule has 2 rings (SSSR count). The van der Waals surface area contributed by atoms with Gasteiger partial charge < -0.3 is 9.63 Å². The topological polar surface area (TPSA) is 88.3 Å². The second-order valence-corrected chi connectivity index (χ2v) is 4.44. The summed E-state index contributed by atoms with van der Waals surface area (Å²) in [6, 6.07) is 8.88. The Bertz CT molecular complexity index is 554. The van der Waals surface area contributed by atoms with E-state index in [0.717, 1.165) is 12.0 Å². The lowest BCUT2D eigenvalue weighted by molar-refractivity contribution is -0.139. The van der Waals surface area contributed by atoms with Crippen molar-refractivity contribution >= 4 is 5.97 Å². The molecule has 6 heteroatoms. The van der Waals surface area contributed by atoms with E-state index >= 15 is 0 Å². The number of hydrogen-bond donors (Lipinski definition) is 2. The van der Waals surface area contributed by atoms with Gasteiger partial charge in [0.05, 0.1) is 6.54 Å². The van der Waals surface area contributed by atoms with Gasteiger partial charge in [-0.25, -0.2) is 0 Å². The highest BCUT2D eigenvalue weighted by molar-refractivity contribution is 5.73. The number of nitrogens with zero attached hydrogens (tertiary/aromatic N) is 2. The van der Waals surface area contributed by atoms with Crippen LogP contribution in [0.4, 0.5) is 0 Å². The van der Waals surface area contributed by atoms with E-state index in [0.29, 0.717) is 18.1 Å². The second-order valence-electron chi connectivity index (χ2n) is 4.44. The third-order valence-corrected chi connectivity index (χ3v) is 2.88. The third-order valence-electron chi connectivity index (χ3n) is 2.88. The smallest absolute Gasteiger partial charge is 0.320 e. The molecular weight excluding hydrogens is 258 g/mol. The maximum atomic E-state index is 11.0. The van der Waals surface area contributed by atoms with Gasteiger partial charge in [0, 0.05) is 5.56 Å². The first-order valence-electron chi connectivity index (χ1n) is 6.55. The molecule has 0 bridgehead atoms. The van der Waals surface area contributed by atoms with Gasteiger partial charge in [-0.3, -0.25) is 10.1 Å². The normalized spacial score (nSPS) is 12.2. The molecule has 0 fully saturated rings. The first-order valence-corrected chi connectivity index (χ1v) is 6.55. The largest absolute Gasteiger partial charge is 0.480 e. The van der Waals surface area contributed by atoms with Gasteiger partial charge in [-0.15, -0.1) is 0 Å². The van der Waals surface area contributed by atoms with E-state index < -0.39 is 12.0 Å². The van der Waals surface area contributed by atoms with Crippen molar-refractivity contribution in [3.63, 3.8) is 0 Å². The number of carboxylic acids is 1. The van der Waals surface area contributed by atoms with Gasteiger partial charge in [-0.1, -0.05) is 48.8 Å². The van der Waals surface area contributed by atoms with Gasteiger partial charge in [0.2, 0.25) is 11.7 Å². The number of aliphatic carboxylic acids is 1. The number of benzene rings is 1. The van der Waals surface area contributed by atoms with Crippen molar-refractivity contribution in [2.24, 2.45) is 0 Å². The summed E-state index contributed by atoms with van der Waals surface area (Å²) in [5.74, 6) is 0.0191. The molecule has 1 unspecified atom stereocenters. The Labute approximate surface area is 116 Å². The Morgan fingerprint density at radius 1 is 1.40 bits per heavy atom. The number of nitrogens with one attached hydrogen (secondary N) is 1. The zero-order chi connectivity index (χ0) is 14.4. The summed E-state index contributed by atoms with van der Waals surface area (Å²) >= 11 is 0. The van der Waals surface area contributed by atoms with E-state index in [4.69, 9.17) is 9.63 Å². The lowest BCUT2D eigenvalue weighted by Gasteiger charge is -2.11. The van der Waals surface area contributed by atoms with Crippen LogP contribution in [-0.4, -0.2) is 27.3 Å². The van der Waals surface area contributed by atoms with Crippen LogP contribution in [0.1, 0.15) is 25.7 Å². The molecule has 0 amide bonds. The molecule has 6 nitrogen and oxygen atoms in total. The van der Waals surface area contributed by atoms with Gasteiger partial charge in [-0.2, -0.15) is 4.98 Å². The minimum absolute atomic E-state index is 0.247. The monoisotopic (exact) mass is 275 g/mol. The standard InChI is InChI=1S/C14H17N3O3/c1-2-6-11(14(18)19)15-9-12-16-13(17-20-12)10-7-4-3-5-8-10/h3-5,7-8,11,15H,2,6,9H2,1H3,(H,18,19). The van der Waals surface area contributed by atoms with Gasteiger partial charge in [0.15, 0.2) is 0 Å². The molecule has 0 saturated heterocycles. The van der Waals surface area contributed by atoms with Crippen LogP contribution in [-0.2, 0) is 11.3 Å². The average Bonchev–Trinajstić information content (AvgIpc) is 2.93. The van der Waals surface area contributed by atoms with Crippen LogP contribution in [0.15, 0.2) is 34.9 Å². The average molecular weight is 275 g/mol. The van der Waals surface area contributed by atoms with Crippen LogP contribution in [0.5, 0.6) is 0 Å². The zero-order valence-corrected chi connectivity index (χ0v) is 11.2. The minimum Gasteiger partial charge on any atom is -0.480 e. The van der Waals surface area contributed by atoms with E-state index in [1.165, 1.54) is 0 Å². The number of rotatable bonds is 7. The Kier molecular flexibility index (Phi) is 4.84. The number of aromatic nitrogens is 2. The molecule has 1 aromatic carbocycles.